The molecule has 1 saturated heterocycles. The summed E-state index contributed by atoms with van der Waals surface area (Å²) >= 11 is 11.6. The molecule has 7 nitrogen and oxygen atoms in total. The number of fused-ring (bicyclic) bond motifs is 1. The summed E-state index contributed by atoms with van der Waals surface area (Å²) in [6.45, 7) is 3.78. The molecule has 0 aliphatic carbocycles. The van der Waals surface area contributed by atoms with Crippen molar-refractivity contribution in [2.75, 3.05) is 44.9 Å². The second kappa shape index (κ2) is 9.37. The number of morpholine rings is 1. The van der Waals surface area contributed by atoms with Crippen LogP contribution in [0.15, 0.2) is 24.3 Å². The van der Waals surface area contributed by atoms with Crippen LogP contribution in [-0.4, -0.2) is 65.6 Å². The summed E-state index contributed by atoms with van der Waals surface area (Å²) in [7, 11) is 1.65. The topological polar surface area (TPSA) is 67.8 Å². The zero-order chi connectivity index (χ0) is 21.1. The number of alkyl halides is 2. The van der Waals surface area contributed by atoms with Crippen LogP contribution in [0.25, 0.3) is 0 Å². The van der Waals surface area contributed by atoms with E-state index >= 15 is 0 Å². The molecule has 1 aromatic heterocycles. The van der Waals surface area contributed by atoms with Gasteiger partial charge in [0, 0.05) is 38.0 Å². The standard InChI is InChI=1S/C21H24Cl2N4O3/c1-29-15-4-2-14(3-5-15)12-18-24-17-6-7-27(21(28)19(22)23)13-16(17)20(25-18)26-8-10-30-11-9-26/h2-5,19H,6-13H2,1H3. The lowest BCUT2D eigenvalue weighted by Crippen LogP contribution is -2.42. The van der Waals surface area contributed by atoms with Gasteiger partial charge >= 0.3 is 0 Å². The first-order chi connectivity index (χ1) is 14.5. The molecular formula is C21H24Cl2N4O3. The molecule has 3 heterocycles. The predicted octanol–water partition coefficient (Wildman–Crippen LogP) is 2.60. The minimum absolute atomic E-state index is 0.278. The number of ether oxygens (including phenoxy) is 2. The van der Waals surface area contributed by atoms with Crippen molar-refractivity contribution in [3.8, 4) is 5.75 Å². The summed E-state index contributed by atoms with van der Waals surface area (Å²) in [5, 5.41) is 0. The second-order valence-corrected chi connectivity index (χ2v) is 8.42. The lowest BCUT2D eigenvalue weighted by molar-refractivity contribution is -0.130. The van der Waals surface area contributed by atoms with Crippen LogP contribution in [-0.2, 0) is 28.9 Å². The molecular weight excluding hydrogens is 427 g/mol. The van der Waals surface area contributed by atoms with Crippen LogP contribution in [0.5, 0.6) is 5.75 Å². The number of carbonyl (C=O) groups is 1. The third-order valence-electron chi connectivity index (χ3n) is 5.41. The van der Waals surface area contributed by atoms with Crippen molar-refractivity contribution in [2.45, 2.75) is 24.2 Å². The van der Waals surface area contributed by atoms with Gasteiger partial charge in [-0.25, -0.2) is 9.97 Å². The van der Waals surface area contributed by atoms with Crippen molar-refractivity contribution in [3.05, 3.63) is 46.9 Å². The second-order valence-electron chi connectivity index (χ2n) is 7.32. The number of benzene rings is 1. The van der Waals surface area contributed by atoms with Gasteiger partial charge in [0.1, 0.15) is 17.4 Å². The van der Waals surface area contributed by atoms with E-state index in [0.29, 0.717) is 39.1 Å². The van der Waals surface area contributed by atoms with Crippen LogP contribution < -0.4 is 9.64 Å². The highest BCUT2D eigenvalue weighted by Crippen LogP contribution is 2.29. The number of methoxy groups -OCH3 is 1. The van der Waals surface area contributed by atoms with Gasteiger partial charge in [-0.15, -0.1) is 0 Å². The quantitative estimate of drug-likeness (QED) is 0.652. The smallest absolute Gasteiger partial charge is 0.256 e. The number of rotatable bonds is 5. The van der Waals surface area contributed by atoms with Crippen molar-refractivity contribution in [2.24, 2.45) is 0 Å². The Hall–Kier alpha value is -2.09. The number of halogens is 2. The average Bonchev–Trinajstić information content (AvgIpc) is 2.78. The van der Waals surface area contributed by atoms with Gasteiger partial charge in [0.15, 0.2) is 4.84 Å². The lowest BCUT2D eigenvalue weighted by atomic mass is 10.0. The van der Waals surface area contributed by atoms with E-state index in [1.54, 1.807) is 12.0 Å². The Kier molecular flexibility index (Phi) is 6.61. The number of amides is 1. The van der Waals surface area contributed by atoms with Gasteiger partial charge in [0.25, 0.3) is 5.91 Å². The summed E-state index contributed by atoms with van der Waals surface area (Å²) in [4.78, 5) is 24.9. The molecule has 0 bridgehead atoms. The van der Waals surface area contributed by atoms with Gasteiger partial charge < -0.3 is 19.3 Å². The fraction of sp³-hybridized carbons (Fsp3) is 0.476. The number of anilines is 1. The van der Waals surface area contributed by atoms with Crippen LogP contribution in [0.3, 0.4) is 0 Å². The molecule has 2 aromatic rings. The zero-order valence-electron chi connectivity index (χ0n) is 16.8. The lowest BCUT2D eigenvalue weighted by Gasteiger charge is -2.34. The molecule has 0 radical (unpaired) electrons. The van der Waals surface area contributed by atoms with Crippen molar-refractivity contribution in [1.82, 2.24) is 14.9 Å². The molecule has 0 N–H and O–H groups in total. The maximum absolute atomic E-state index is 12.3. The van der Waals surface area contributed by atoms with Crippen molar-refractivity contribution in [1.29, 1.82) is 0 Å². The molecule has 1 aromatic carbocycles. The van der Waals surface area contributed by atoms with Crippen LogP contribution in [0.1, 0.15) is 22.6 Å². The maximum Gasteiger partial charge on any atom is 0.256 e. The van der Waals surface area contributed by atoms with Crippen LogP contribution in [0, 0.1) is 0 Å². The maximum atomic E-state index is 12.3. The number of aromatic nitrogens is 2. The van der Waals surface area contributed by atoms with Crippen molar-refractivity contribution in [3.63, 3.8) is 0 Å². The highest BCUT2D eigenvalue weighted by Gasteiger charge is 2.30. The van der Waals surface area contributed by atoms with Crippen molar-refractivity contribution >= 4 is 34.9 Å². The molecule has 30 heavy (non-hydrogen) atoms. The third-order valence-corrected chi connectivity index (χ3v) is 5.79. The first-order valence-electron chi connectivity index (χ1n) is 9.96. The first kappa shape index (κ1) is 21.2. The summed E-state index contributed by atoms with van der Waals surface area (Å²) in [6.07, 6.45) is 1.28. The molecule has 0 saturated carbocycles. The predicted molar refractivity (Wildman–Crippen MR) is 115 cm³/mol. The van der Waals surface area contributed by atoms with E-state index in [1.165, 1.54) is 0 Å². The summed E-state index contributed by atoms with van der Waals surface area (Å²) in [6, 6.07) is 7.93. The molecule has 1 fully saturated rings. The van der Waals surface area contributed by atoms with E-state index in [1.807, 2.05) is 24.3 Å². The summed E-state index contributed by atoms with van der Waals surface area (Å²) in [5.41, 5.74) is 3.08. The zero-order valence-corrected chi connectivity index (χ0v) is 18.3. The Morgan fingerprint density at radius 2 is 1.90 bits per heavy atom. The van der Waals surface area contributed by atoms with Gasteiger partial charge in [0.05, 0.1) is 32.6 Å². The molecule has 0 unspecified atom stereocenters. The third kappa shape index (κ3) is 4.63. The van der Waals surface area contributed by atoms with Gasteiger partial charge in [-0.3, -0.25) is 4.79 Å². The number of hydrogen-bond donors (Lipinski definition) is 0. The minimum atomic E-state index is -1.06. The van der Waals surface area contributed by atoms with Crippen LogP contribution in [0.4, 0.5) is 5.82 Å². The molecule has 9 heteroatoms. The molecule has 2 aliphatic rings. The molecule has 2 aliphatic heterocycles. The largest absolute Gasteiger partial charge is 0.497 e. The average molecular weight is 451 g/mol. The highest BCUT2D eigenvalue weighted by atomic mass is 35.5. The normalized spacial score (nSPS) is 16.5. The van der Waals surface area contributed by atoms with Gasteiger partial charge in [0.2, 0.25) is 0 Å². The SMILES string of the molecule is COc1ccc(Cc2nc3c(c(N4CCOCC4)n2)CN(C(=O)C(Cl)Cl)CC3)cc1. The van der Waals surface area contributed by atoms with E-state index in [2.05, 4.69) is 4.90 Å². The Bertz CT molecular complexity index is 902. The molecule has 1 amide bonds. The minimum Gasteiger partial charge on any atom is -0.497 e. The Morgan fingerprint density at radius 1 is 1.17 bits per heavy atom. The molecule has 0 spiro atoms. The van der Waals surface area contributed by atoms with E-state index in [4.69, 9.17) is 42.6 Å². The Morgan fingerprint density at radius 3 is 2.57 bits per heavy atom. The summed E-state index contributed by atoms with van der Waals surface area (Å²) in [5.74, 6) is 2.19. The van der Waals surface area contributed by atoms with E-state index in [0.717, 1.165) is 47.3 Å². The fourth-order valence-corrected chi connectivity index (χ4v) is 4.09. The first-order valence-corrected chi connectivity index (χ1v) is 10.8. The fourth-order valence-electron chi connectivity index (χ4n) is 3.81. The van der Waals surface area contributed by atoms with Gasteiger partial charge in [-0.05, 0) is 17.7 Å². The molecule has 4 rings (SSSR count). The van der Waals surface area contributed by atoms with Gasteiger partial charge in [-0.1, -0.05) is 35.3 Å². The molecule has 0 atom stereocenters. The monoisotopic (exact) mass is 450 g/mol. The highest BCUT2D eigenvalue weighted by molar-refractivity contribution is 6.53. The van der Waals surface area contributed by atoms with Crippen LogP contribution >= 0.6 is 23.2 Å². The van der Waals surface area contributed by atoms with E-state index in [-0.39, 0.29) is 5.91 Å². The van der Waals surface area contributed by atoms with Crippen molar-refractivity contribution < 1.29 is 14.3 Å². The number of nitrogens with zero attached hydrogens (tertiary/aromatic N) is 4. The van der Waals surface area contributed by atoms with E-state index in [9.17, 15) is 4.79 Å². The molecule has 160 valence electrons. The number of hydrogen-bond acceptors (Lipinski definition) is 6. The number of carbonyl (C=O) groups excluding carboxylic acids is 1. The summed E-state index contributed by atoms with van der Waals surface area (Å²) < 4.78 is 10.7. The van der Waals surface area contributed by atoms with E-state index < -0.39 is 4.84 Å². The van der Waals surface area contributed by atoms with Crippen LogP contribution in [0.2, 0.25) is 0 Å². The Balaban J connectivity index is 1.65. The Labute approximate surface area is 185 Å². The van der Waals surface area contributed by atoms with Gasteiger partial charge in [-0.2, -0.15) is 0 Å².